The smallest absolute Gasteiger partial charge is 0.408 e. The van der Waals surface area contributed by atoms with Gasteiger partial charge in [-0.25, -0.2) is 14.4 Å². The molecule has 1 aromatic heterocycles. The molecule has 2 rings (SSSR count). The van der Waals surface area contributed by atoms with Gasteiger partial charge in [0.05, 0.1) is 20.1 Å². The van der Waals surface area contributed by atoms with Crippen LogP contribution in [0.1, 0.15) is 39.7 Å². The number of aryl methyl sites for hydroxylation is 1. The van der Waals surface area contributed by atoms with Crippen LogP contribution in [-0.4, -0.2) is 59.9 Å². The van der Waals surface area contributed by atoms with Crippen LogP contribution in [0.5, 0.6) is 0 Å². The number of benzene rings is 1. The fourth-order valence-corrected chi connectivity index (χ4v) is 3.47. The predicted octanol–water partition coefficient (Wildman–Crippen LogP) is 2.23. The van der Waals surface area contributed by atoms with E-state index in [2.05, 4.69) is 10.6 Å². The summed E-state index contributed by atoms with van der Waals surface area (Å²) in [6.45, 7) is 6.83. The molecule has 0 saturated heterocycles. The Morgan fingerprint density at radius 1 is 1.03 bits per heavy atom. The number of esters is 2. The number of nitrogens with zero attached hydrogens (tertiary/aromatic N) is 1. The van der Waals surface area contributed by atoms with Crippen LogP contribution < -0.4 is 10.6 Å². The van der Waals surface area contributed by atoms with Gasteiger partial charge in [0.15, 0.2) is 0 Å². The molecule has 10 nitrogen and oxygen atoms in total. The topological polar surface area (TPSA) is 125 Å². The Labute approximate surface area is 198 Å². The molecule has 2 atom stereocenters. The SMILES string of the molecule is CCOC(=O)[C@@H](Cc1cn(C)c2ccccc12)NC(=O)CC(NC(=O)OC(C)(C)C)C(=O)OC. The van der Waals surface area contributed by atoms with Gasteiger partial charge in [-0.3, -0.25) is 4.79 Å². The molecule has 1 unspecified atom stereocenters. The largest absolute Gasteiger partial charge is 0.467 e. The summed E-state index contributed by atoms with van der Waals surface area (Å²) in [7, 11) is 3.04. The quantitative estimate of drug-likeness (QED) is 0.421. The summed E-state index contributed by atoms with van der Waals surface area (Å²) in [5.74, 6) is -2.05. The van der Waals surface area contributed by atoms with Crippen molar-refractivity contribution in [2.24, 2.45) is 7.05 Å². The van der Waals surface area contributed by atoms with Crippen molar-refractivity contribution < 1.29 is 33.4 Å². The van der Waals surface area contributed by atoms with Gasteiger partial charge in [-0.15, -0.1) is 0 Å². The minimum absolute atomic E-state index is 0.145. The van der Waals surface area contributed by atoms with E-state index in [1.807, 2.05) is 42.1 Å². The average molecular weight is 476 g/mol. The third kappa shape index (κ3) is 7.50. The van der Waals surface area contributed by atoms with E-state index in [-0.39, 0.29) is 13.0 Å². The van der Waals surface area contributed by atoms with Crippen LogP contribution in [0.4, 0.5) is 4.79 Å². The standard InChI is InChI=1S/C24H33N3O7/c1-7-33-22(30)17(12-15-14-27(5)19-11-9-8-10-16(15)19)25-20(28)13-18(21(29)32-6)26-23(31)34-24(2,3)4/h8-11,14,17-18H,7,12-13H2,1-6H3,(H,25,28)(H,26,31)/t17-,18?/m1/s1. The molecule has 34 heavy (non-hydrogen) atoms. The number of ether oxygens (including phenoxy) is 3. The Balaban J connectivity index is 2.17. The number of alkyl carbamates (subject to hydrolysis) is 1. The Bertz CT molecular complexity index is 1040. The van der Waals surface area contributed by atoms with Gasteiger partial charge in [-0.05, 0) is 39.3 Å². The third-order valence-electron chi connectivity index (χ3n) is 4.88. The lowest BCUT2D eigenvalue weighted by molar-refractivity contribution is -0.148. The Kier molecular flexibility index (Phi) is 9.05. The minimum atomic E-state index is -1.29. The number of fused-ring (bicyclic) bond motifs is 1. The van der Waals surface area contributed by atoms with Crippen molar-refractivity contribution in [3.63, 3.8) is 0 Å². The summed E-state index contributed by atoms with van der Waals surface area (Å²) in [4.78, 5) is 49.7. The number of aromatic nitrogens is 1. The molecule has 2 aromatic rings. The van der Waals surface area contributed by atoms with Crippen LogP contribution >= 0.6 is 0 Å². The average Bonchev–Trinajstić information content (AvgIpc) is 3.06. The first kappa shape index (κ1) is 26.7. The maximum Gasteiger partial charge on any atom is 0.408 e. The number of para-hydroxylation sites is 1. The van der Waals surface area contributed by atoms with Crippen LogP contribution in [0.15, 0.2) is 30.5 Å². The second-order valence-corrected chi connectivity index (χ2v) is 8.78. The number of nitrogens with one attached hydrogen (secondary N) is 2. The van der Waals surface area contributed by atoms with Gasteiger partial charge in [0.2, 0.25) is 5.91 Å². The van der Waals surface area contributed by atoms with Crippen LogP contribution in [0.25, 0.3) is 10.9 Å². The van der Waals surface area contributed by atoms with Crippen molar-refractivity contribution >= 4 is 34.8 Å². The highest BCUT2D eigenvalue weighted by Gasteiger charge is 2.30. The molecule has 0 saturated carbocycles. The number of carbonyl (C=O) groups is 4. The first-order valence-electron chi connectivity index (χ1n) is 11.0. The van der Waals surface area contributed by atoms with E-state index in [0.29, 0.717) is 0 Å². The molecule has 2 amide bonds. The van der Waals surface area contributed by atoms with Gasteiger partial charge in [0.1, 0.15) is 17.7 Å². The van der Waals surface area contributed by atoms with Gasteiger partial charge in [-0.1, -0.05) is 18.2 Å². The molecule has 0 aliphatic heterocycles. The van der Waals surface area contributed by atoms with Crippen LogP contribution in [-0.2, 0) is 42.1 Å². The van der Waals surface area contributed by atoms with Crippen molar-refractivity contribution in [2.75, 3.05) is 13.7 Å². The molecule has 0 radical (unpaired) electrons. The van der Waals surface area contributed by atoms with Crippen LogP contribution in [0.3, 0.4) is 0 Å². The third-order valence-corrected chi connectivity index (χ3v) is 4.88. The highest BCUT2D eigenvalue weighted by Crippen LogP contribution is 2.22. The number of rotatable bonds is 9. The van der Waals surface area contributed by atoms with Gasteiger partial charge < -0.3 is 29.4 Å². The van der Waals surface area contributed by atoms with Gasteiger partial charge in [-0.2, -0.15) is 0 Å². The number of methoxy groups -OCH3 is 1. The molecule has 0 spiro atoms. The molecular weight excluding hydrogens is 442 g/mol. The zero-order chi connectivity index (χ0) is 25.5. The minimum Gasteiger partial charge on any atom is -0.467 e. The summed E-state index contributed by atoms with van der Waals surface area (Å²) in [6.07, 6.45) is 0.768. The molecule has 1 aromatic carbocycles. The molecule has 0 aliphatic carbocycles. The first-order chi connectivity index (χ1) is 15.9. The maximum absolute atomic E-state index is 12.8. The molecule has 0 fully saturated rings. The van der Waals surface area contributed by atoms with Crippen LogP contribution in [0, 0.1) is 0 Å². The van der Waals surface area contributed by atoms with Crippen molar-refractivity contribution in [2.45, 2.75) is 58.2 Å². The molecule has 186 valence electrons. The fourth-order valence-electron chi connectivity index (χ4n) is 3.47. The summed E-state index contributed by atoms with van der Waals surface area (Å²) >= 11 is 0. The highest BCUT2D eigenvalue weighted by molar-refractivity contribution is 5.91. The van der Waals surface area contributed by atoms with E-state index in [1.54, 1.807) is 27.7 Å². The highest BCUT2D eigenvalue weighted by atomic mass is 16.6. The monoisotopic (exact) mass is 475 g/mol. The predicted molar refractivity (Wildman–Crippen MR) is 125 cm³/mol. The fraction of sp³-hybridized carbons (Fsp3) is 0.500. The van der Waals surface area contributed by atoms with E-state index in [1.165, 1.54) is 0 Å². The molecule has 10 heteroatoms. The lowest BCUT2D eigenvalue weighted by atomic mass is 10.0. The Morgan fingerprint density at radius 2 is 1.71 bits per heavy atom. The van der Waals surface area contributed by atoms with Gasteiger partial charge in [0.25, 0.3) is 0 Å². The molecule has 0 aliphatic rings. The zero-order valence-electron chi connectivity index (χ0n) is 20.5. The van der Waals surface area contributed by atoms with Gasteiger partial charge in [0, 0.05) is 30.6 Å². The maximum atomic E-state index is 12.8. The van der Waals surface area contributed by atoms with Crippen molar-refractivity contribution in [1.82, 2.24) is 15.2 Å². The van der Waals surface area contributed by atoms with Crippen molar-refractivity contribution in [3.05, 3.63) is 36.0 Å². The molecule has 1 heterocycles. The number of carbonyl (C=O) groups excluding carboxylic acids is 4. The van der Waals surface area contributed by atoms with E-state index in [0.717, 1.165) is 23.6 Å². The van der Waals surface area contributed by atoms with Gasteiger partial charge >= 0.3 is 18.0 Å². The molecular formula is C24H33N3O7. The summed E-state index contributed by atoms with van der Waals surface area (Å²) in [5.41, 5.74) is 1.05. The first-order valence-corrected chi connectivity index (χ1v) is 11.0. The van der Waals surface area contributed by atoms with Crippen LogP contribution in [0.2, 0.25) is 0 Å². The Morgan fingerprint density at radius 3 is 2.32 bits per heavy atom. The Hall–Kier alpha value is -3.56. The summed E-state index contributed by atoms with van der Waals surface area (Å²) in [5, 5.41) is 5.93. The number of hydrogen-bond donors (Lipinski definition) is 2. The van der Waals surface area contributed by atoms with E-state index < -0.39 is 48.0 Å². The number of amides is 2. The second-order valence-electron chi connectivity index (χ2n) is 8.78. The van der Waals surface area contributed by atoms with Crippen molar-refractivity contribution in [1.29, 1.82) is 0 Å². The number of hydrogen-bond acceptors (Lipinski definition) is 7. The normalized spacial score (nSPS) is 13.0. The zero-order valence-corrected chi connectivity index (χ0v) is 20.5. The summed E-state index contributed by atoms with van der Waals surface area (Å²) in [6, 6.07) is 5.43. The molecule has 2 N–H and O–H groups in total. The van der Waals surface area contributed by atoms with Crippen molar-refractivity contribution in [3.8, 4) is 0 Å². The second kappa shape index (κ2) is 11.5. The molecule has 0 bridgehead atoms. The summed E-state index contributed by atoms with van der Waals surface area (Å²) < 4.78 is 16.9. The lowest BCUT2D eigenvalue weighted by Gasteiger charge is -2.23. The van der Waals surface area contributed by atoms with E-state index in [9.17, 15) is 19.2 Å². The van der Waals surface area contributed by atoms with E-state index in [4.69, 9.17) is 14.2 Å². The van der Waals surface area contributed by atoms with E-state index >= 15 is 0 Å². The lowest BCUT2D eigenvalue weighted by Crippen LogP contribution is -2.49.